The van der Waals surface area contributed by atoms with Crippen LogP contribution in [-0.4, -0.2) is 27.2 Å². The topological polar surface area (TPSA) is 141 Å². The molecule has 0 aliphatic carbocycles. The summed E-state index contributed by atoms with van der Waals surface area (Å²) >= 11 is 14.5. The Morgan fingerprint density at radius 3 is 1.76 bits per heavy atom. The van der Waals surface area contributed by atoms with Crippen LogP contribution in [0.2, 0.25) is 10.0 Å². The van der Waals surface area contributed by atoms with Gasteiger partial charge in [-0.25, -0.2) is 4.79 Å². The molecule has 0 saturated carbocycles. The smallest absolute Gasteiger partial charge is 0.336 e. The number of carbonyl (C=O) groups excluding carboxylic acids is 1. The van der Waals surface area contributed by atoms with E-state index >= 15 is 0 Å². The zero-order chi connectivity index (χ0) is 25.4. The summed E-state index contributed by atoms with van der Waals surface area (Å²) < 4.78 is 0.804. The van der Waals surface area contributed by atoms with Crippen molar-refractivity contribution >= 4 is 74.4 Å². The summed E-state index contributed by atoms with van der Waals surface area (Å²) in [6.45, 7) is 0. The molecule has 0 aromatic heterocycles. The fourth-order valence-electron chi connectivity index (χ4n) is 2.63. The number of aldehydes is 1. The number of benzene rings is 3. The van der Waals surface area contributed by atoms with E-state index in [2.05, 4.69) is 15.9 Å². The maximum atomic E-state index is 11.5. The van der Waals surface area contributed by atoms with Crippen molar-refractivity contribution in [1.29, 1.82) is 0 Å². The molecule has 0 saturated heterocycles. The molecule has 0 unspecified atom stereocenters. The lowest BCUT2D eigenvalue weighted by atomic mass is 10.0. The highest BCUT2D eigenvalue weighted by atomic mass is 79.9. The number of carbonyl (C=O) groups is 2. The third kappa shape index (κ3) is 7.20. The molecule has 0 amide bonds. The molecular weight excluding hydrogens is 555 g/mol. The Bertz CT molecular complexity index is 1290. The van der Waals surface area contributed by atoms with Crippen molar-refractivity contribution in [2.75, 3.05) is 0 Å². The van der Waals surface area contributed by atoms with Crippen molar-refractivity contribution in [1.82, 2.24) is 0 Å². The quantitative estimate of drug-likeness (QED) is 0.115. The summed E-state index contributed by atoms with van der Waals surface area (Å²) in [5.74, 6) is -1.17. The number of carboxylic acids is 1. The van der Waals surface area contributed by atoms with Crippen LogP contribution in [0.3, 0.4) is 0 Å². The van der Waals surface area contributed by atoms with Crippen molar-refractivity contribution in [2.24, 2.45) is 0 Å². The Labute approximate surface area is 210 Å². The highest BCUT2D eigenvalue weighted by Gasteiger charge is 2.17. The molecule has 0 bridgehead atoms. The standard InChI is InChI=1S/C15H9BrClNO4.C7H4ClNO3/c16-11-4-1-9(2-5-11)13(15(19)20)7-10-3-6-12(17)8-14(10)18(21)22;8-6-2-1-5(4-10)7(3-6)9(11)12/h1-8H,(H,19,20);1-4H/b13-7+;. The number of halogens is 3. The number of hydrogen-bond donors (Lipinski definition) is 1. The first-order valence-electron chi connectivity index (χ1n) is 9.07. The molecule has 0 atom stereocenters. The highest BCUT2D eigenvalue weighted by Crippen LogP contribution is 2.28. The third-order valence-electron chi connectivity index (χ3n) is 4.19. The number of nitrogens with zero attached hydrogens (tertiary/aromatic N) is 2. The molecule has 0 aliphatic heterocycles. The van der Waals surface area contributed by atoms with Crippen LogP contribution in [0.5, 0.6) is 0 Å². The second kappa shape index (κ2) is 12.0. The largest absolute Gasteiger partial charge is 0.478 e. The highest BCUT2D eigenvalue weighted by molar-refractivity contribution is 9.10. The molecule has 3 aromatic carbocycles. The zero-order valence-electron chi connectivity index (χ0n) is 16.9. The first-order chi connectivity index (χ1) is 16.0. The van der Waals surface area contributed by atoms with E-state index in [1.807, 2.05) is 0 Å². The van der Waals surface area contributed by atoms with Gasteiger partial charge in [0.2, 0.25) is 0 Å². The summed E-state index contributed by atoms with van der Waals surface area (Å²) in [4.78, 5) is 41.9. The Morgan fingerprint density at radius 2 is 1.32 bits per heavy atom. The number of hydrogen-bond acceptors (Lipinski definition) is 6. The molecule has 3 rings (SSSR count). The normalized spacial score (nSPS) is 10.6. The van der Waals surface area contributed by atoms with E-state index in [1.165, 1.54) is 36.4 Å². The number of nitro groups is 2. The lowest BCUT2D eigenvalue weighted by molar-refractivity contribution is -0.385. The van der Waals surface area contributed by atoms with Crippen LogP contribution in [0.25, 0.3) is 11.6 Å². The molecule has 174 valence electrons. The number of aliphatic carboxylic acids is 1. The summed E-state index contributed by atoms with van der Waals surface area (Å²) in [6, 6.07) is 14.6. The minimum atomic E-state index is -1.17. The maximum Gasteiger partial charge on any atom is 0.336 e. The lowest BCUT2D eigenvalue weighted by Gasteiger charge is -2.04. The van der Waals surface area contributed by atoms with Gasteiger partial charge in [0.25, 0.3) is 11.4 Å². The summed E-state index contributed by atoms with van der Waals surface area (Å²) in [5, 5.41) is 31.2. The van der Waals surface area contributed by atoms with Gasteiger partial charge >= 0.3 is 5.97 Å². The van der Waals surface area contributed by atoms with E-state index < -0.39 is 15.8 Å². The van der Waals surface area contributed by atoms with Crippen molar-refractivity contribution in [3.63, 3.8) is 0 Å². The van der Waals surface area contributed by atoms with Crippen LogP contribution >= 0.6 is 39.1 Å². The molecule has 0 spiro atoms. The number of carboxylic acid groups (broad SMARTS) is 1. The minimum Gasteiger partial charge on any atom is -0.478 e. The molecule has 0 heterocycles. The molecule has 3 aromatic rings. The van der Waals surface area contributed by atoms with E-state index in [0.717, 1.165) is 10.5 Å². The van der Waals surface area contributed by atoms with Gasteiger partial charge in [0, 0.05) is 26.7 Å². The van der Waals surface area contributed by atoms with Crippen LogP contribution in [0.1, 0.15) is 21.5 Å². The van der Waals surface area contributed by atoms with Crippen molar-refractivity contribution < 1.29 is 24.5 Å². The van der Waals surface area contributed by atoms with Gasteiger partial charge in [-0.1, -0.05) is 51.3 Å². The molecule has 0 fully saturated rings. The molecule has 0 radical (unpaired) electrons. The van der Waals surface area contributed by atoms with Gasteiger partial charge in [0.15, 0.2) is 6.29 Å². The van der Waals surface area contributed by atoms with Crippen molar-refractivity contribution in [2.45, 2.75) is 0 Å². The van der Waals surface area contributed by atoms with Gasteiger partial charge < -0.3 is 5.11 Å². The third-order valence-corrected chi connectivity index (χ3v) is 5.19. The van der Waals surface area contributed by atoms with Crippen LogP contribution in [0.15, 0.2) is 65.1 Å². The van der Waals surface area contributed by atoms with Gasteiger partial charge in [0.05, 0.1) is 26.5 Å². The van der Waals surface area contributed by atoms with E-state index in [1.54, 1.807) is 24.3 Å². The second-order valence-electron chi connectivity index (χ2n) is 6.41. The maximum absolute atomic E-state index is 11.5. The SMILES string of the molecule is O=C(O)/C(=C/c1ccc(Cl)cc1[N+](=O)[O-])c1ccc(Br)cc1.O=Cc1ccc(Cl)cc1[N+](=O)[O-]. The number of rotatable bonds is 6. The Kier molecular flexibility index (Phi) is 9.43. The number of nitro benzene ring substituents is 2. The van der Waals surface area contributed by atoms with E-state index in [9.17, 15) is 34.9 Å². The average Bonchev–Trinajstić information content (AvgIpc) is 2.79. The van der Waals surface area contributed by atoms with Gasteiger partial charge in [-0.2, -0.15) is 0 Å². The van der Waals surface area contributed by atoms with Gasteiger partial charge in [0.1, 0.15) is 0 Å². The summed E-state index contributed by atoms with van der Waals surface area (Å²) in [5.41, 5.74) is 0.0952. The van der Waals surface area contributed by atoms with E-state index in [0.29, 0.717) is 11.8 Å². The fraction of sp³-hybridized carbons (Fsp3) is 0. The average molecular weight is 568 g/mol. The van der Waals surface area contributed by atoms with E-state index in [-0.39, 0.29) is 38.1 Å². The fourth-order valence-corrected chi connectivity index (χ4v) is 3.22. The van der Waals surface area contributed by atoms with Crippen LogP contribution in [0.4, 0.5) is 11.4 Å². The Balaban J connectivity index is 0.000000287. The predicted molar refractivity (Wildman–Crippen MR) is 131 cm³/mol. The lowest BCUT2D eigenvalue weighted by Crippen LogP contribution is -2.00. The zero-order valence-corrected chi connectivity index (χ0v) is 20.0. The molecule has 12 heteroatoms. The summed E-state index contributed by atoms with van der Waals surface area (Å²) in [6.07, 6.45) is 1.69. The predicted octanol–water partition coefficient (Wildman–Crippen LogP) is 6.70. The Morgan fingerprint density at radius 1 is 0.853 bits per heavy atom. The van der Waals surface area contributed by atoms with Crippen molar-refractivity contribution in [3.05, 3.63) is 112 Å². The van der Waals surface area contributed by atoms with Gasteiger partial charge in [-0.3, -0.25) is 25.0 Å². The van der Waals surface area contributed by atoms with E-state index in [4.69, 9.17) is 23.2 Å². The molecular formula is C22H13BrCl2N2O7. The minimum absolute atomic E-state index is 0.0319. The van der Waals surface area contributed by atoms with Crippen LogP contribution in [-0.2, 0) is 4.79 Å². The first-order valence-corrected chi connectivity index (χ1v) is 10.6. The molecule has 0 aliphatic rings. The van der Waals surface area contributed by atoms with Crippen LogP contribution in [0, 0.1) is 20.2 Å². The monoisotopic (exact) mass is 566 g/mol. The van der Waals surface area contributed by atoms with Crippen molar-refractivity contribution in [3.8, 4) is 0 Å². The van der Waals surface area contributed by atoms with Gasteiger partial charge in [-0.15, -0.1) is 0 Å². The molecule has 9 nitrogen and oxygen atoms in total. The Hall–Kier alpha value is -3.60. The summed E-state index contributed by atoms with van der Waals surface area (Å²) in [7, 11) is 0. The second-order valence-corrected chi connectivity index (χ2v) is 8.20. The molecule has 1 N–H and O–H groups in total. The molecule has 34 heavy (non-hydrogen) atoms. The van der Waals surface area contributed by atoms with Crippen LogP contribution < -0.4 is 0 Å². The van der Waals surface area contributed by atoms with Gasteiger partial charge in [-0.05, 0) is 48.0 Å². The first kappa shape index (κ1) is 26.7.